The van der Waals surface area contributed by atoms with Crippen LogP contribution < -0.4 is 9.80 Å². The van der Waals surface area contributed by atoms with E-state index < -0.39 is 39.6 Å². The highest BCUT2D eigenvalue weighted by molar-refractivity contribution is 8.00. The Morgan fingerprint density at radius 2 is 1.78 bits per heavy atom. The van der Waals surface area contributed by atoms with Gasteiger partial charge in [0.1, 0.15) is 17.6 Å². The molecule has 0 fully saturated rings. The molecule has 0 bridgehead atoms. The molecule has 1 aromatic carbocycles. The van der Waals surface area contributed by atoms with E-state index in [1.807, 2.05) is 6.26 Å². The number of benzene rings is 1. The smallest absolute Gasteiger partial charge is 0.376 e. The number of rotatable bonds is 7. The Morgan fingerprint density at radius 3 is 2.25 bits per heavy atom. The molecule has 2 aromatic rings. The topological polar surface area (TPSA) is 48.1 Å². The van der Waals surface area contributed by atoms with Crippen LogP contribution in [0.25, 0.3) is 5.69 Å². The van der Waals surface area contributed by atoms with Gasteiger partial charge in [-0.15, -0.1) is 0 Å². The predicted octanol–water partition coefficient (Wildman–Crippen LogP) is 5.89. The summed E-state index contributed by atoms with van der Waals surface area (Å²) in [7, 11) is 4.44. The third kappa shape index (κ3) is 5.90. The first-order valence-electron chi connectivity index (χ1n) is 8.78. The molecule has 0 aliphatic rings. The lowest BCUT2D eigenvalue weighted by Gasteiger charge is -2.25. The molecule has 0 radical (unpaired) electrons. The summed E-state index contributed by atoms with van der Waals surface area (Å²) in [6.07, 6.45) is -2.88. The van der Waals surface area contributed by atoms with E-state index >= 15 is 0 Å². The fraction of sp³-hybridized carbons (Fsp3) is 0.444. The SMILES string of the molecule is CSCCN(C)c1c(SC(F)(F)F)c(C#N)nn1-c1c(Cl)cc(C(F)(F)F)cc1N(C)C. The van der Waals surface area contributed by atoms with Crippen LogP contribution in [-0.2, 0) is 6.18 Å². The van der Waals surface area contributed by atoms with Crippen molar-refractivity contribution in [1.29, 1.82) is 5.26 Å². The first-order chi connectivity index (χ1) is 14.7. The summed E-state index contributed by atoms with van der Waals surface area (Å²) in [5.74, 6) is 0.448. The van der Waals surface area contributed by atoms with Gasteiger partial charge in [0, 0.05) is 33.4 Å². The largest absolute Gasteiger partial charge is 0.446 e. The van der Waals surface area contributed by atoms with Gasteiger partial charge in [0.05, 0.1) is 21.2 Å². The average molecular weight is 518 g/mol. The van der Waals surface area contributed by atoms with E-state index in [1.165, 1.54) is 42.7 Å². The Labute approximate surface area is 194 Å². The second kappa shape index (κ2) is 9.93. The van der Waals surface area contributed by atoms with E-state index in [0.29, 0.717) is 18.4 Å². The summed E-state index contributed by atoms with van der Waals surface area (Å²) in [5.41, 5.74) is -6.35. The number of nitrogens with zero attached hydrogens (tertiary/aromatic N) is 5. The second-order valence-electron chi connectivity index (χ2n) is 6.71. The molecular weight excluding hydrogens is 500 g/mol. The van der Waals surface area contributed by atoms with E-state index in [4.69, 9.17) is 11.6 Å². The highest BCUT2D eigenvalue weighted by atomic mass is 35.5. The van der Waals surface area contributed by atoms with Crippen molar-refractivity contribution in [2.45, 2.75) is 16.6 Å². The number of aromatic nitrogens is 2. The molecule has 2 rings (SSSR count). The lowest BCUT2D eigenvalue weighted by atomic mass is 10.1. The van der Waals surface area contributed by atoms with Gasteiger partial charge in [-0.25, -0.2) is 4.68 Å². The minimum absolute atomic E-state index is 0.0279. The molecule has 14 heteroatoms. The van der Waals surface area contributed by atoms with Crippen molar-refractivity contribution in [1.82, 2.24) is 9.78 Å². The van der Waals surface area contributed by atoms with Gasteiger partial charge in [-0.1, -0.05) is 11.6 Å². The van der Waals surface area contributed by atoms with Crippen molar-refractivity contribution < 1.29 is 26.3 Å². The summed E-state index contributed by atoms with van der Waals surface area (Å²) in [4.78, 5) is 2.35. The molecule has 176 valence electrons. The van der Waals surface area contributed by atoms with Crippen LogP contribution in [0.5, 0.6) is 0 Å². The van der Waals surface area contributed by atoms with Crippen LogP contribution >= 0.6 is 35.1 Å². The fourth-order valence-corrected chi connectivity index (χ4v) is 4.30. The number of alkyl halides is 6. The van der Waals surface area contributed by atoms with Gasteiger partial charge < -0.3 is 9.80 Å². The van der Waals surface area contributed by atoms with Gasteiger partial charge in [0.15, 0.2) is 5.69 Å². The normalized spacial score (nSPS) is 12.1. The first kappa shape index (κ1) is 26.3. The van der Waals surface area contributed by atoms with Crippen LogP contribution in [0.15, 0.2) is 17.0 Å². The first-order valence-corrected chi connectivity index (χ1v) is 11.4. The summed E-state index contributed by atoms with van der Waals surface area (Å²) in [6.45, 7) is 0.290. The summed E-state index contributed by atoms with van der Waals surface area (Å²) < 4.78 is 80.8. The zero-order valence-electron chi connectivity index (χ0n) is 17.3. The molecule has 0 aliphatic heterocycles. The molecule has 1 aromatic heterocycles. The Bertz CT molecular complexity index is 1010. The Morgan fingerprint density at radius 1 is 1.16 bits per heavy atom. The summed E-state index contributed by atoms with van der Waals surface area (Å²) >= 11 is 7.16. The van der Waals surface area contributed by atoms with Crippen LogP contribution in [0, 0.1) is 11.3 Å². The van der Waals surface area contributed by atoms with Gasteiger partial charge in [-0.05, 0) is 30.2 Å². The zero-order valence-corrected chi connectivity index (χ0v) is 19.7. The molecule has 0 spiro atoms. The van der Waals surface area contributed by atoms with Crippen molar-refractivity contribution in [2.24, 2.45) is 0 Å². The van der Waals surface area contributed by atoms with Crippen molar-refractivity contribution in [3.63, 3.8) is 0 Å². The number of hydrogen-bond donors (Lipinski definition) is 0. The molecule has 0 unspecified atom stereocenters. The molecular formula is C18H18ClF6N5S2. The average Bonchev–Trinajstić information content (AvgIpc) is 3.00. The van der Waals surface area contributed by atoms with Crippen molar-refractivity contribution >= 4 is 46.6 Å². The maximum atomic E-state index is 13.3. The maximum absolute atomic E-state index is 13.3. The highest BCUT2D eigenvalue weighted by Gasteiger charge is 2.37. The van der Waals surface area contributed by atoms with Crippen molar-refractivity contribution in [2.75, 3.05) is 49.5 Å². The Hall–Kier alpha value is -1.91. The van der Waals surface area contributed by atoms with Gasteiger partial charge in [0.25, 0.3) is 0 Å². The van der Waals surface area contributed by atoms with Crippen LogP contribution in [0.4, 0.5) is 37.8 Å². The third-order valence-electron chi connectivity index (χ3n) is 4.20. The molecule has 0 saturated heterocycles. The molecule has 0 saturated carbocycles. The highest BCUT2D eigenvalue weighted by Crippen LogP contribution is 2.46. The van der Waals surface area contributed by atoms with E-state index in [1.54, 1.807) is 6.07 Å². The minimum atomic E-state index is -4.72. The van der Waals surface area contributed by atoms with Crippen molar-refractivity contribution in [3.8, 4) is 11.8 Å². The zero-order chi connectivity index (χ0) is 24.4. The monoisotopic (exact) mass is 517 g/mol. The van der Waals surface area contributed by atoms with E-state index in [2.05, 4.69) is 5.10 Å². The van der Waals surface area contributed by atoms with Gasteiger partial charge in [-0.3, -0.25) is 0 Å². The van der Waals surface area contributed by atoms with Crippen LogP contribution in [0.3, 0.4) is 0 Å². The van der Waals surface area contributed by atoms with E-state index in [-0.39, 0.29) is 22.2 Å². The van der Waals surface area contributed by atoms with Gasteiger partial charge in [0.2, 0.25) is 0 Å². The summed E-state index contributed by atoms with van der Waals surface area (Å²) in [5, 5.41) is 13.1. The van der Waals surface area contributed by atoms with Crippen LogP contribution in [-0.4, -0.2) is 55.0 Å². The molecule has 5 nitrogen and oxygen atoms in total. The van der Waals surface area contributed by atoms with Crippen LogP contribution in [0.1, 0.15) is 11.3 Å². The molecule has 0 N–H and O–H groups in total. The second-order valence-corrected chi connectivity index (χ2v) is 9.17. The lowest BCUT2D eigenvalue weighted by molar-refractivity contribution is -0.137. The van der Waals surface area contributed by atoms with Gasteiger partial charge >= 0.3 is 11.7 Å². The van der Waals surface area contributed by atoms with Crippen molar-refractivity contribution in [3.05, 3.63) is 28.4 Å². The lowest BCUT2D eigenvalue weighted by Crippen LogP contribution is -2.25. The number of halogens is 7. The van der Waals surface area contributed by atoms with E-state index in [9.17, 15) is 31.6 Å². The van der Waals surface area contributed by atoms with E-state index in [0.717, 1.165) is 10.7 Å². The fourth-order valence-electron chi connectivity index (χ4n) is 2.80. The van der Waals surface area contributed by atoms with Crippen LogP contribution in [0.2, 0.25) is 5.02 Å². The maximum Gasteiger partial charge on any atom is 0.446 e. The Balaban J connectivity index is 2.89. The number of thioether (sulfide) groups is 2. The quantitative estimate of drug-likeness (QED) is 0.337. The minimum Gasteiger partial charge on any atom is -0.376 e. The standard InChI is InChI=1S/C18H18ClF6N5S2/c1-28(2)13-8-10(17(20,21)22)7-11(19)14(13)30-16(29(3)5-6-31-4)15(12(9-26)27-30)32-18(23,24)25/h7-8H,5-6H2,1-4H3. The number of anilines is 2. The molecule has 1 heterocycles. The Kier molecular flexibility index (Phi) is 8.17. The third-order valence-corrected chi connectivity index (χ3v) is 5.89. The summed E-state index contributed by atoms with van der Waals surface area (Å²) in [6, 6.07) is 3.15. The van der Waals surface area contributed by atoms with Gasteiger partial charge in [-0.2, -0.15) is 48.5 Å². The molecule has 0 atom stereocenters. The molecule has 0 amide bonds. The predicted molar refractivity (Wildman–Crippen MR) is 116 cm³/mol. The molecule has 32 heavy (non-hydrogen) atoms. The number of nitriles is 1. The molecule has 0 aliphatic carbocycles. The number of hydrogen-bond acceptors (Lipinski definition) is 6.